The van der Waals surface area contributed by atoms with E-state index in [-0.39, 0.29) is 11.8 Å². The van der Waals surface area contributed by atoms with Crippen molar-refractivity contribution in [2.24, 2.45) is 5.92 Å². The summed E-state index contributed by atoms with van der Waals surface area (Å²) in [4.78, 5) is 16.6. The van der Waals surface area contributed by atoms with E-state index in [0.29, 0.717) is 18.7 Å². The first-order valence-corrected chi connectivity index (χ1v) is 9.19. The molecule has 1 amide bonds. The Morgan fingerprint density at radius 3 is 2.58 bits per heavy atom. The summed E-state index contributed by atoms with van der Waals surface area (Å²) < 4.78 is 0. The molecule has 1 aliphatic rings. The molecule has 0 saturated heterocycles. The van der Waals surface area contributed by atoms with Crippen LogP contribution in [0.15, 0.2) is 24.3 Å². The molecule has 134 valence electrons. The first-order valence-electron chi connectivity index (χ1n) is 9.19. The van der Waals surface area contributed by atoms with Gasteiger partial charge in [0.05, 0.1) is 5.60 Å². The third-order valence-electron chi connectivity index (χ3n) is 5.28. The maximum atomic E-state index is 12.6. The maximum absolute atomic E-state index is 12.6. The molecule has 2 rings (SSSR count). The highest BCUT2D eigenvalue weighted by molar-refractivity contribution is 5.94. The van der Waals surface area contributed by atoms with Crippen molar-refractivity contribution in [1.29, 1.82) is 0 Å². The molecule has 0 aliphatic heterocycles. The summed E-state index contributed by atoms with van der Waals surface area (Å²) in [7, 11) is 4.10. The van der Waals surface area contributed by atoms with Gasteiger partial charge in [-0.1, -0.05) is 25.0 Å². The lowest BCUT2D eigenvalue weighted by Gasteiger charge is -2.42. The Labute approximate surface area is 146 Å². The zero-order valence-corrected chi connectivity index (χ0v) is 15.6. The fourth-order valence-corrected chi connectivity index (χ4v) is 3.91. The normalized spacial score (nSPS) is 24.2. The number of benzene rings is 1. The molecule has 0 unspecified atom stereocenters. The fourth-order valence-electron chi connectivity index (χ4n) is 3.91. The van der Waals surface area contributed by atoms with Crippen molar-refractivity contribution in [1.82, 2.24) is 9.80 Å². The molecule has 0 heterocycles. The summed E-state index contributed by atoms with van der Waals surface area (Å²) in [5, 5.41) is 11.5. The van der Waals surface area contributed by atoms with Crippen molar-refractivity contribution in [3.05, 3.63) is 35.4 Å². The standard InChI is InChI=1S/C20H32N2O2/c1-5-22(6-2)19(23)16-10-9-12-17(14-16)20(24)13-8-7-11-18(20)15-21(3)4/h9-10,12,14,18,24H,5-8,11,13,15H2,1-4H3/t18-,20+/m1/s1. The van der Waals surface area contributed by atoms with Gasteiger partial charge >= 0.3 is 0 Å². The molecular formula is C20H32N2O2. The van der Waals surface area contributed by atoms with E-state index in [1.54, 1.807) is 0 Å². The van der Waals surface area contributed by atoms with E-state index in [2.05, 4.69) is 19.0 Å². The lowest BCUT2D eigenvalue weighted by atomic mass is 9.71. The van der Waals surface area contributed by atoms with Crippen LogP contribution in [0.25, 0.3) is 0 Å². The minimum Gasteiger partial charge on any atom is -0.385 e. The zero-order valence-electron chi connectivity index (χ0n) is 15.6. The number of carbonyl (C=O) groups excluding carboxylic acids is 1. The van der Waals surface area contributed by atoms with Gasteiger partial charge in [-0.2, -0.15) is 0 Å². The molecule has 0 aromatic heterocycles. The molecule has 2 atom stereocenters. The Hall–Kier alpha value is -1.39. The van der Waals surface area contributed by atoms with E-state index in [9.17, 15) is 9.90 Å². The highest BCUT2D eigenvalue weighted by atomic mass is 16.3. The van der Waals surface area contributed by atoms with Crippen molar-refractivity contribution in [3.63, 3.8) is 0 Å². The van der Waals surface area contributed by atoms with Gasteiger partial charge in [0.15, 0.2) is 0 Å². The van der Waals surface area contributed by atoms with Crippen LogP contribution in [0.3, 0.4) is 0 Å². The van der Waals surface area contributed by atoms with Gasteiger partial charge in [-0.05, 0) is 58.5 Å². The number of rotatable bonds is 6. The molecular weight excluding hydrogens is 300 g/mol. The van der Waals surface area contributed by atoms with E-state index in [0.717, 1.165) is 31.4 Å². The number of hydrogen-bond acceptors (Lipinski definition) is 3. The first-order chi connectivity index (χ1) is 11.4. The summed E-state index contributed by atoms with van der Waals surface area (Å²) in [5.41, 5.74) is 0.744. The molecule has 0 spiro atoms. The molecule has 4 heteroatoms. The molecule has 1 saturated carbocycles. The fraction of sp³-hybridized carbons (Fsp3) is 0.650. The van der Waals surface area contributed by atoms with E-state index in [1.165, 1.54) is 6.42 Å². The largest absolute Gasteiger partial charge is 0.385 e. The van der Waals surface area contributed by atoms with Crippen LogP contribution in [0.5, 0.6) is 0 Å². The number of hydrogen-bond donors (Lipinski definition) is 1. The lowest BCUT2D eigenvalue weighted by molar-refractivity contribution is -0.0618. The lowest BCUT2D eigenvalue weighted by Crippen LogP contribution is -2.43. The van der Waals surface area contributed by atoms with Crippen LogP contribution in [0.2, 0.25) is 0 Å². The second-order valence-corrected chi connectivity index (χ2v) is 7.19. The number of aliphatic hydroxyl groups is 1. The van der Waals surface area contributed by atoms with Crippen molar-refractivity contribution >= 4 is 5.91 Å². The second-order valence-electron chi connectivity index (χ2n) is 7.19. The third kappa shape index (κ3) is 3.98. The van der Waals surface area contributed by atoms with Crippen LogP contribution in [0, 0.1) is 5.92 Å². The van der Waals surface area contributed by atoms with Crippen LogP contribution in [0.1, 0.15) is 55.5 Å². The molecule has 1 aromatic rings. The molecule has 1 aliphatic carbocycles. The Bertz CT molecular complexity index is 554. The number of nitrogens with zero attached hydrogens (tertiary/aromatic N) is 2. The Morgan fingerprint density at radius 1 is 1.25 bits per heavy atom. The van der Waals surface area contributed by atoms with Gasteiger partial charge in [-0.25, -0.2) is 0 Å². The van der Waals surface area contributed by atoms with Crippen LogP contribution in [-0.2, 0) is 5.60 Å². The maximum Gasteiger partial charge on any atom is 0.253 e. The molecule has 1 fully saturated rings. The number of carbonyl (C=O) groups is 1. The average molecular weight is 332 g/mol. The Balaban J connectivity index is 2.32. The SMILES string of the molecule is CCN(CC)C(=O)c1cccc([C@@]2(O)CCCC[C@@H]2CN(C)C)c1. The van der Waals surface area contributed by atoms with Gasteiger partial charge in [0.2, 0.25) is 0 Å². The molecule has 1 N–H and O–H groups in total. The first kappa shape index (κ1) is 18.9. The van der Waals surface area contributed by atoms with Crippen LogP contribution in [-0.4, -0.2) is 54.5 Å². The van der Waals surface area contributed by atoms with Crippen LogP contribution < -0.4 is 0 Å². The Kier molecular flexibility index (Phi) is 6.41. The zero-order chi connectivity index (χ0) is 17.7. The quantitative estimate of drug-likeness (QED) is 0.870. The summed E-state index contributed by atoms with van der Waals surface area (Å²) in [5.74, 6) is 0.255. The second kappa shape index (κ2) is 8.13. The Morgan fingerprint density at radius 2 is 1.96 bits per heavy atom. The van der Waals surface area contributed by atoms with E-state index in [1.807, 2.05) is 43.0 Å². The van der Waals surface area contributed by atoms with E-state index in [4.69, 9.17) is 0 Å². The van der Waals surface area contributed by atoms with Crippen molar-refractivity contribution in [3.8, 4) is 0 Å². The van der Waals surface area contributed by atoms with Crippen LogP contribution in [0.4, 0.5) is 0 Å². The van der Waals surface area contributed by atoms with Gasteiger partial charge in [0.25, 0.3) is 5.91 Å². The minimum absolute atomic E-state index is 0.0467. The highest BCUT2D eigenvalue weighted by Gasteiger charge is 2.40. The molecule has 4 nitrogen and oxygen atoms in total. The van der Waals surface area contributed by atoms with Gasteiger partial charge < -0.3 is 14.9 Å². The van der Waals surface area contributed by atoms with Crippen molar-refractivity contribution < 1.29 is 9.90 Å². The van der Waals surface area contributed by atoms with E-state index < -0.39 is 5.60 Å². The third-order valence-corrected chi connectivity index (χ3v) is 5.28. The smallest absolute Gasteiger partial charge is 0.253 e. The van der Waals surface area contributed by atoms with Gasteiger partial charge in [-0.15, -0.1) is 0 Å². The number of amides is 1. The minimum atomic E-state index is -0.831. The monoisotopic (exact) mass is 332 g/mol. The van der Waals surface area contributed by atoms with E-state index >= 15 is 0 Å². The van der Waals surface area contributed by atoms with Crippen molar-refractivity contribution in [2.45, 2.75) is 45.1 Å². The molecule has 1 aromatic carbocycles. The summed E-state index contributed by atoms with van der Waals surface area (Å²) in [6, 6.07) is 7.66. The van der Waals surface area contributed by atoms with Crippen molar-refractivity contribution in [2.75, 3.05) is 33.7 Å². The summed E-state index contributed by atoms with van der Waals surface area (Å²) >= 11 is 0. The average Bonchev–Trinajstić information content (AvgIpc) is 2.58. The summed E-state index contributed by atoms with van der Waals surface area (Å²) in [6.07, 6.45) is 4.00. The predicted octanol–water partition coefficient (Wildman–Crippen LogP) is 3.11. The van der Waals surface area contributed by atoms with Gasteiger partial charge in [0, 0.05) is 31.1 Å². The molecule has 0 radical (unpaired) electrons. The molecule has 0 bridgehead atoms. The molecule has 24 heavy (non-hydrogen) atoms. The summed E-state index contributed by atoms with van der Waals surface area (Å²) in [6.45, 7) is 6.25. The predicted molar refractivity (Wildman–Crippen MR) is 98.1 cm³/mol. The van der Waals surface area contributed by atoms with Gasteiger partial charge in [-0.3, -0.25) is 4.79 Å². The topological polar surface area (TPSA) is 43.8 Å². The highest BCUT2D eigenvalue weighted by Crippen LogP contribution is 2.42. The van der Waals surface area contributed by atoms with Gasteiger partial charge in [0.1, 0.15) is 0 Å². The van der Waals surface area contributed by atoms with Crippen LogP contribution >= 0.6 is 0 Å².